The van der Waals surface area contributed by atoms with Crippen molar-refractivity contribution >= 4 is 5.91 Å². The Kier molecular flexibility index (Phi) is 6.25. The van der Waals surface area contributed by atoms with Gasteiger partial charge >= 0.3 is 0 Å². The lowest BCUT2D eigenvalue weighted by Gasteiger charge is -2.31. The minimum atomic E-state index is -0.479. The Bertz CT molecular complexity index is 212. The fourth-order valence-electron chi connectivity index (χ4n) is 1.61. The van der Waals surface area contributed by atoms with Gasteiger partial charge in [0.1, 0.15) is 0 Å². The summed E-state index contributed by atoms with van der Waals surface area (Å²) in [6.07, 6.45) is 2.75. The van der Waals surface area contributed by atoms with Crippen LogP contribution in [0, 0.1) is 0 Å². The number of amides is 1. The van der Waals surface area contributed by atoms with E-state index in [0.29, 0.717) is 6.54 Å². The number of rotatable bonds is 7. The molecule has 0 aromatic heterocycles. The summed E-state index contributed by atoms with van der Waals surface area (Å²) in [7, 11) is 0. The van der Waals surface area contributed by atoms with E-state index in [0.717, 1.165) is 19.5 Å². The lowest BCUT2D eigenvalue weighted by molar-refractivity contribution is -0.136. The molecule has 0 aliphatic carbocycles. The highest BCUT2D eigenvalue weighted by Gasteiger charge is 2.29. The van der Waals surface area contributed by atoms with E-state index in [9.17, 15) is 4.79 Å². The standard InChI is InChI=1S/C12H24N2O/c1-6-9-14(10-7-2)11(15)12(4,5)13-8-3/h6,13H,1,7-10H2,2-5H3. The minimum absolute atomic E-state index is 0.145. The third-order valence-corrected chi connectivity index (χ3v) is 2.28. The largest absolute Gasteiger partial charge is 0.337 e. The third-order valence-electron chi connectivity index (χ3n) is 2.28. The topological polar surface area (TPSA) is 32.3 Å². The summed E-state index contributed by atoms with van der Waals surface area (Å²) in [4.78, 5) is 14.0. The van der Waals surface area contributed by atoms with E-state index >= 15 is 0 Å². The average molecular weight is 212 g/mol. The molecule has 0 unspecified atom stereocenters. The second-order valence-corrected chi connectivity index (χ2v) is 4.20. The van der Waals surface area contributed by atoms with Gasteiger partial charge in [0.15, 0.2) is 0 Å². The Balaban J connectivity index is 4.52. The van der Waals surface area contributed by atoms with Crippen LogP contribution in [0.5, 0.6) is 0 Å². The number of nitrogens with zero attached hydrogens (tertiary/aromatic N) is 1. The molecule has 0 saturated heterocycles. The third kappa shape index (κ3) is 4.47. The van der Waals surface area contributed by atoms with E-state index < -0.39 is 5.54 Å². The zero-order valence-corrected chi connectivity index (χ0v) is 10.5. The predicted octanol–water partition coefficient (Wildman–Crippen LogP) is 1.80. The molecule has 0 fully saturated rings. The number of carbonyl (C=O) groups is 1. The first-order chi connectivity index (χ1) is 6.99. The molecule has 0 aromatic rings. The Morgan fingerprint density at radius 3 is 2.47 bits per heavy atom. The van der Waals surface area contributed by atoms with Gasteiger partial charge in [0.05, 0.1) is 5.54 Å². The minimum Gasteiger partial charge on any atom is -0.337 e. The number of nitrogens with one attached hydrogen (secondary N) is 1. The molecule has 0 atom stereocenters. The van der Waals surface area contributed by atoms with Crippen LogP contribution in [0.25, 0.3) is 0 Å². The first-order valence-electron chi connectivity index (χ1n) is 5.64. The van der Waals surface area contributed by atoms with Crippen molar-refractivity contribution in [3.8, 4) is 0 Å². The Morgan fingerprint density at radius 2 is 2.07 bits per heavy atom. The van der Waals surface area contributed by atoms with E-state index in [-0.39, 0.29) is 5.91 Å². The molecule has 1 amide bonds. The highest BCUT2D eigenvalue weighted by molar-refractivity contribution is 5.85. The number of likely N-dealkylation sites (N-methyl/N-ethyl adjacent to an activating group) is 1. The number of carbonyl (C=O) groups excluding carboxylic acids is 1. The molecule has 88 valence electrons. The van der Waals surface area contributed by atoms with Gasteiger partial charge in [-0.1, -0.05) is 19.9 Å². The van der Waals surface area contributed by atoms with Gasteiger partial charge < -0.3 is 10.2 Å². The molecule has 0 aliphatic heterocycles. The van der Waals surface area contributed by atoms with Gasteiger partial charge in [-0.25, -0.2) is 0 Å². The summed E-state index contributed by atoms with van der Waals surface area (Å²) in [6.45, 7) is 13.8. The summed E-state index contributed by atoms with van der Waals surface area (Å²) in [5, 5.41) is 3.19. The van der Waals surface area contributed by atoms with Crippen LogP contribution in [-0.2, 0) is 4.79 Å². The van der Waals surface area contributed by atoms with Crippen molar-refractivity contribution in [3.05, 3.63) is 12.7 Å². The van der Waals surface area contributed by atoms with Crippen molar-refractivity contribution in [1.82, 2.24) is 10.2 Å². The van der Waals surface area contributed by atoms with Crippen LogP contribution in [0.1, 0.15) is 34.1 Å². The molecule has 0 radical (unpaired) electrons. The maximum absolute atomic E-state index is 12.2. The Hall–Kier alpha value is -0.830. The normalized spacial score (nSPS) is 11.2. The van der Waals surface area contributed by atoms with Crippen molar-refractivity contribution in [3.63, 3.8) is 0 Å². The van der Waals surface area contributed by atoms with Crippen LogP contribution in [-0.4, -0.2) is 36.0 Å². The van der Waals surface area contributed by atoms with E-state index in [1.165, 1.54) is 0 Å². The SMILES string of the molecule is C=CCN(CCC)C(=O)C(C)(C)NCC. The highest BCUT2D eigenvalue weighted by Crippen LogP contribution is 2.08. The molecular weight excluding hydrogens is 188 g/mol. The Morgan fingerprint density at radius 1 is 1.47 bits per heavy atom. The predicted molar refractivity (Wildman–Crippen MR) is 64.8 cm³/mol. The molecule has 0 aromatic carbocycles. The van der Waals surface area contributed by atoms with Gasteiger partial charge in [-0.3, -0.25) is 4.79 Å². The van der Waals surface area contributed by atoms with E-state index in [1.807, 2.05) is 25.7 Å². The van der Waals surface area contributed by atoms with Gasteiger partial charge in [-0.15, -0.1) is 6.58 Å². The smallest absolute Gasteiger partial charge is 0.242 e. The molecule has 0 bridgehead atoms. The van der Waals surface area contributed by atoms with Crippen LogP contribution in [0.4, 0.5) is 0 Å². The fraction of sp³-hybridized carbons (Fsp3) is 0.750. The highest BCUT2D eigenvalue weighted by atomic mass is 16.2. The van der Waals surface area contributed by atoms with Gasteiger partial charge in [0, 0.05) is 13.1 Å². The second kappa shape index (κ2) is 6.62. The van der Waals surface area contributed by atoms with Crippen LogP contribution in [0.3, 0.4) is 0 Å². The molecule has 0 spiro atoms. The first-order valence-corrected chi connectivity index (χ1v) is 5.64. The number of hydrogen-bond acceptors (Lipinski definition) is 2. The zero-order valence-electron chi connectivity index (χ0n) is 10.5. The van der Waals surface area contributed by atoms with Crippen LogP contribution in [0.2, 0.25) is 0 Å². The average Bonchev–Trinajstić information content (AvgIpc) is 2.16. The van der Waals surface area contributed by atoms with Crippen LogP contribution >= 0.6 is 0 Å². The summed E-state index contributed by atoms with van der Waals surface area (Å²) >= 11 is 0. The summed E-state index contributed by atoms with van der Waals surface area (Å²) in [6, 6.07) is 0. The zero-order chi connectivity index (χ0) is 11.9. The lowest BCUT2D eigenvalue weighted by Crippen LogP contribution is -2.54. The molecule has 0 aliphatic rings. The van der Waals surface area contributed by atoms with Crippen molar-refractivity contribution in [2.75, 3.05) is 19.6 Å². The van der Waals surface area contributed by atoms with Crippen LogP contribution in [0.15, 0.2) is 12.7 Å². The van der Waals surface area contributed by atoms with E-state index in [1.54, 1.807) is 6.08 Å². The van der Waals surface area contributed by atoms with Gasteiger partial charge in [-0.05, 0) is 26.8 Å². The van der Waals surface area contributed by atoms with Crippen LogP contribution < -0.4 is 5.32 Å². The van der Waals surface area contributed by atoms with Crippen molar-refractivity contribution in [2.24, 2.45) is 0 Å². The summed E-state index contributed by atoms with van der Waals surface area (Å²) in [5.41, 5.74) is -0.479. The maximum atomic E-state index is 12.2. The van der Waals surface area contributed by atoms with Crippen molar-refractivity contribution < 1.29 is 4.79 Å². The molecule has 15 heavy (non-hydrogen) atoms. The lowest BCUT2D eigenvalue weighted by atomic mass is 10.0. The molecule has 3 nitrogen and oxygen atoms in total. The van der Waals surface area contributed by atoms with Gasteiger partial charge in [0.25, 0.3) is 0 Å². The van der Waals surface area contributed by atoms with Gasteiger partial charge in [0.2, 0.25) is 5.91 Å². The molecule has 1 N–H and O–H groups in total. The summed E-state index contributed by atoms with van der Waals surface area (Å²) < 4.78 is 0. The maximum Gasteiger partial charge on any atom is 0.242 e. The molecule has 3 heteroatoms. The van der Waals surface area contributed by atoms with Crippen molar-refractivity contribution in [2.45, 2.75) is 39.7 Å². The molecule has 0 saturated carbocycles. The molecular formula is C12H24N2O. The fourth-order valence-corrected chi connectivity index (χ4v) is 1.61. The monoisotopic (exact) mass is 212 g/mol. The summed E-state index contributed by atoms with van der Waals surface area (Å²) in [5.74, 6) is 0.145. The Labute approximate surface area is 93.5 Å². The van der Waals surface area contributed by atoms with Gasteiger partial charge in [-0.2, -0.15) is 0 Å². The number of hydrogen-bond donors (Lipinski definition) is 1. The first kappa shape index (κ1) is 14.2. The molecule has 0 rings (SSSR count). The second-order valence-electron chi connectivity index (χ2n) is 4.20. The quantitative estimate of drug-likeness (QED) is 0.653. The molecule has 0 heterocycles. The van der Waals surface area contributed by atoms with E-state index in [4.69, 9.17) is 0 Å². The van der Waals surface area contributed by atoms with Crippen molar-refractivity contribution in [1.29, 1.82) is 0 Å². The van der Waals surface area contributed by atoms with E-state index in [2.05, 4.69) is 18.8 Å².